The van der Waals surface area contributed by atoms with Crippen molar-refractivity contribution in [3.8, 4) is 11.5 Å². The van der Waals surface area contributed by atoms with Crippen molar-refractivity contribution < 1.29 is 28.1 Å². The summed E-state index contributed by atoms with van der Waals surface area (Å²) in [5, 5.41) is 20.3. The third-order valence-corrected chi connectivity index (χ3v) is 8.27. The van der Waals surface area contributed by atoms with Gasteiger partial charge in [0.2, 0.25) is 9.84 Å². The van der Waals surface area contributed by atoms with Gasteiger partial charge in [-0.05, 0) is 100 Å². The first-order chi connectivity index (χ1) is 16.9. The number of β-amino-alcohol motifs (C(OH)–C–C–N with tert-alkyl or cyclic N) is 2. The summed E-state index contributed by atoms with van der Waals surface area (Å²) in [7, 11) is -3.69. The van der Waals surface area contributed by atoms with E-state index < -0.39 is 22.0 Å². The molecular formula is C26H38Cl2N2O6S. The first-order valence-corrected chi connectivity index (χ1v) is 13.9. The van der Waals surface area contributed by atoms with Crippen molar-refractivity contribution in [1.29, 1.82) is 0 Å². The molecule has 0 spiro atoms. The third-order valence-electron chi connectivity index (χ3n) is 6.49. The second-order valence-electron chi connectivity index (χ2n) is 9.39. The van der Waals surface area contributed by atoms with Gasteiger partial charge in [0.05, 0.1) is 9.79 Å². The Morgan fingerprint density at radius 3 is 1.30 bits per heavy atom. The van der Waals surface area contributed by atoms with Gasteiger partial charge in [-0.2, -0.15) is 0 Å². The molecule has 2 heterocycles. The number of aliphatic hydroxyl groups excluding tert-OH is 2. The molecule has 208 valence electrons. The van der Waals surface area contributed by atoms with Crippen LogP contribution < -0.4 is 9.47 Å². The van der Waals surface area contributed by atoms with Gasteiger partial charge in [-0.25, -0.2) is 8.42 Å². The van der Waals surface area contributed by atoms with E-state index in [2.05, 4.69) is 9.80 Å². The topological polar surface area (TPSA) is 99.5 Å². The summed E-state index contributed by atoms with van der Waals surface area (Å²) in [6.45, 7) is 5.55. The van der Waals surface area contributed by atoms with Gasteiger partial charge in [0.25, 0.3) is 0 Å². The maximum absolute atomic E-state index is 13.0. The van der Waals surface area contributed by atoms with Gasteiger partial charge in [0.1, 0.15) is 36.9 Å². The highest BCUT2D eigenvalue weighted by Crippen LogP contribution is 2.25. The van der Waals surface area contributed by atoms with Crippen LogP contribution in [-0.2, 0) is 9.84 Å². The Kier molecular flexibility index (Phi) is 12.9. The normalized spacial score (nSPS) is 18.0. The molecule has 2 aromatic carbocycles. The van der Waals surface area contributed by atoms with Crippen LogP contribution in [0.2, 0.25) is 0 Å². The van der Waals surface area contributed by atoms with Gasteiger partial charge in [-0.3, -0.25) is 0 Å². The zero-order valence-corrected chi connectivity index (χ0v) is 23.4. The fraction of sp³-hybridized carbons (Fsp3) is 0.538. The summed E-state index contributed by atoms with van der Waals surface area (Å²) in [6.07, 6.45) is 3.50. The summed E-state index contributed by atoms with van der Waals surface area (Å²) in [6, 6.07) is 12.5. The molecule has 2 atom stereocenters. The molecular weight excluding hydrogens is 539 g/mol. The lowest BCUT2D eigenvalue weighted by molar-refractivity contribution is 0.0757. The largest absolute Gasteiger partial charge is 0.491 e. The molecule has 2 N–H and O–H groups in total. The van der Waals surface area contributed by atoms with Crippen molar-refractivity contribution in [2.45, 2.75) is 47.7 Å². The summed E-state index contributed by atoms with van der Waals surface area (Å²) in [5.41, 5.74) is 0. The molecule has 2 aromatic rings. The van der Waals surface area contributed by atoms with Crippen molar-refractivity contribution in [2.24, 2.45) is 0 Å². The van der Waals surface area contributed by atoms with E-state index in [1.807, 2.05) is 0 Å². The van der Waals surface area contributed by atoms with Gasteiger partial charge in [0.15, 0.2) is 0 Å². The first kappa shape index (κ1) is 31.6. The van der Waals surface area contributed by atoms with Crippen molar-refractivity contribution in [1.82, 2.24) is 9.80 Å². The molecule has 4 rings (SSSR count). The lowest BCUT2D eigenvalue weighted by atomic mass is 10.3. The average Bonchev–Trinajstić information content (AvgIpc) is 3.56. The van der Waals surface area contributed by atoms with Crippen LogP contribution in [0.5, 0.6) is 11.5 Å². The second-order valence-corrected chi connectivity index (χ2v) is 11.3. The van der Waals surface area contributed by atoms with Gasteiger partial charge >= 0.3 is 0 Å². The molecule has 2 fully saturated rings. The van der Waals surface area contributed by atoms with E-state index in [1.165, 1.54) is 49.9 Å². The van der Waals surface area contributed by atoms with Crippen LogP contribution in [0.15, 0.2) is 58.3 Å². The molecule has 37 heavy (non-hydrogen) atoms. The number of ether oxygens (including phenoxy) is 2. The predicted molar refractivity (Wildman–Crippen MR) is 147 cm³/mol. The van der Waals surface area contributed by atoms with Crippen LogP contribution >= 0.6 is 24.8 Å². The Hall–Kier alpha value is -1.59. The van der Waals surface area contributed by atoms with Crippen molar-refractivity contribution >= 4 is 34.7 Å². The molecule has 0 aromatic heterocycles. The molecule has 0 amide bonds. The smallest absolute Gasteiger partial charge is 0.206 e. The summed E-state index contributed by atoms with van der Waals surface area (Å²) in [5.74, 6) is 1.03. The first-order valence-electron chi connectivity index (χ1n) is 12.4. The van der Waals surface area contributed by atoms with E-state index in [1.54, 1.807) is 24.3 Å². The highest BCUT2D eigenvalue weighted by atomic mass is 35.5. The number of aliphatic hydroxyl groups is 2. The minimum absolute atomic E-state index is 0. The Morgan fingerprint density at radius 1 is 0.649 bits per heavy atom. The fourth-order valence-corrected chi connectivity index (χ4v) is 5.84. The maximum Gasteiger partial charge on any atom is 0.206 e. The van der Waals surface area contributed by atoms with Crippen LogP contribution in [-0.4, -0.2) is 93.1 Å². The average molecular weight is 578 g/mol. The minimum Gasteiger partial charge on any atom is -0.491 e. The van der Waals surface area contributed by atoms with E-state index in [-0.39, 0.29) is 47.8 Å². The quantitative estimate of drug-likeness (QED) is 0.398. The van der Waals surface area contributed by atoms with Crippen molar-refractivity contribution in [3.63, 3.8) is 0 Å². The number of likely N-dealkylation sites (tertiary alicyclic amines) is 2. The number of sulfone groups is 1. The zero-order chi connectivity index (χ0) is 24.7. The number of hydrogen-bond acceptors (Lipinski definition) is 8. The number of nitrogens with zero attached hydrogens (tertiary/aromatic N) is 2. The molecule has 0 saturated carbocycles. The molecule has 0 aliphatic carbocycles. The van der Waals surface area contributed by atoms with E-state index in [0.29, 0.717) is 24.6 Å². The number of rotatable bonds is 12. The van der Waals surface area contributed by atoms with Gasteiger partial charge in [-0.15, -0.1) is 24.8 Å². The summed E-state index contributed by atoms with van der Waals surface area (Å²) in [4.78, 5) is 4.77. The zero-order valence-electron chi connectivity index (χ0n) is 20.9. The lowest BCUT2D eigenvalue weighted by Gasteiger charge is -2.19. The van der Waals surface area contributed by atoms with Crippen LogP contribution in [0.3, 0.4) is 0 Å². The van der Waals surface area contributed by atoms with Crippen LogP contribution in [0, 0.1) is 0 Å². The van der Waals surface area contributed by atoms with Gasteiger partial charge < -0.3 is 29.5 Å². The number of halogens is 2. The number of benzene rings is 2. The Labute approximate surface area is 232 Å². The molecule has 2 saturated heterocycles. The van der Waals surface area contributed by atoms with Crippen LogP contribution in [0.1, 0.15) is 25.7 Å². The highest BCUT2D eigenvalue weighted by Gasteiger charge is 2.20. The standard InChI is InChI=1S/C26H36N2O6S.2ClH/c29-21(17-27-13-1-2-14-27)19-33-23-5-9-25(10-6-23)35(31,32)26-11-7-24(8-12-26)34-20-22(30)18-28-15-3-4-16-28;;/h5-12,21-22,29-30H,1-4,13-20H2;2*1H. The third kappa shape index (κ3) is 9.28. The minimum atomic E-state index is -3.69. The van der Waals surface area contributed by atoms with E-state index in [4.69, 9.17) is 9.47 Å². The molecule has 0 bridgehead atoms. The van der Waals surface area contributed by atoms with E-state index >= 15 is 0 Å². The summed E-state index contributed by atoms with van der Waals surface area (Å²) >= 11 is 0. The summed E-state index contributed by atoms with van der Waals surface area (Å²) < 4.78 is 37.3. The van der Waals surface area contributed by atoms with Gasteiger partial charge in [-0.1, -0.05) is 0 Å². The Morgan fingerprint density at radius 2 is 0.973 bits per heavy atom. The monoisotopic (exact) mass is 576 g/mol. The molecule has 0 radical (unpaired) electrons. The van der Waals surface area contributed by atoms with Crippen LogP contribution in [0.25, 0.3) is 0 Å². The van der Waals surface area contributed by atoms with Gasteiger partial charge in [0, 0.05) is 13.1 Å². The molecule has 2 aliphatic rings. The predicted octanol–water partition coefficient (Wildman–Crippen LogP) is 3.03. The molecule has 11 heteroatoms. The lowest BCUT2D eigenvalue weighted by Crippen LogP contribution is -2.33. The fourth-order valence-electron chi connectivity index (χ4n) is 4.58. The Bertz CT molecular complexity index is 951. The van der Waals surface area contributed by atoms with Crippen molar-refractivity contribution in [3.05, 3.63) is 48.5 Å². The molecule has 8 nitrogen and oxygen atoms in total. The van der Waals surface area contributed by atoms with Crippen LogP contribution in [0.4, 0.5) is 0 Å². The van der Waals surface area contributed by atoms with Crippen molar-refractivity contribution in [2.75, 3.05) is 52.5 Å². The molecule has 2 unspecified atom stereocenters. The molecule has 2 aliphatic heterocycles. The Balaban J connectivity index is 0.00000241. The second kappa shape index (κ2) is 15.1. The highest BCUT2D eigenvalue weighted by molar-refractivity contribution is 7.91. The van der Waals surface area contributed by atoms with E-state index in [0.717, 1.165) is 26.2 Å². The van der Waals surface area contributed by atoms with E-state index in [9.17, 15) is 18.6 Å². The number of hydrogen-bond donors (Lipinski definition) is 2. The SMILES string of the molecule is Cl.Cl.O=S(=O)(c1ccc(OCC(O)CN2CCCC2)cc1)c1ccc(OCC(O)CN2CCCC2)cc1. The maximum atomic E-state index is 13.0.